The number of hydrogen-bond donors (Lipinski definition) is 0. The molecule has 0 aliphatic heterocycles. The molecule has 0 atom stereocenters. The summed E-state index contributed by atoms with van der Waals surface area (Å²) < 4.78 is 0. The predicted octanol–water partition coefficient (Wildman–Crippen LogP) is 3.52. The summed E-state index contributed by atoms with van der Waals surface area (Å²) in [6.45, 7) is 15.2. The van der Waals surface area contributed by atoms with Crippen LogP contribution in [-0.4, -0.2) is 18.0 Å². The Balaban J connectivity index is 3.57. The van der Waals surface area contributed by atoms with Crippen LogP contribution >= 0.6 is 0 Å². The van der Waals surface area contributed by atoms with Crippen molar-refractivity contribution >= 4 is 0 Å². The maximum atomic E-state index is 3.84. The average Bonchev–Trinajstić information content (AvgIpc) is 2.04. The highest BCUT2D eigenvalue weighted by Crippen LogP contribution is 2.06. The third kappa shape index (κ3) is 7.89. The Morgan fingerprint density at radius 3 is 1.62 bits per heavy atom. The molecular weight excluding hydrogens is 158 g/mol. The van der Waals surface area contributed by atoms with Crippen molar-refractivity contribution in [2.24, 2.45) is 11.8 Å². The first-order valence-corrected chi connectivity index (χ1v) is 5.42. The molecule has 1 heteroatoms. The first-order valence-electron chi connectivity index (χ1n) is 5.42. The molecule has 1 nitrogen and oxygen atoms in total. The number of nitrogens with zero attached hydrogens (tertiary/aromatic N) is 1. The van der Waals surface area contributed by atoms with Crippen molar-refractivity contribution in [1.29, 1.82) is 0 Å². The van der Waals surface area contributed by atoms with Gasteiger partial charge >= 0.3 is 0 Å². The highest BCUT2D eigenvalue weighted by atomic mass is 15.1. The van der Waals surface area contributed by atoms with Crippen molar-refractivity contribution in [2.75, 3.05) is 13.1 Å². The van der Waals surface area contributed by atoms with Gasteiger partial charge in [0.25, 0.3) is 0 Å². The molecule has 0 spiro atoms. The van der Waals surface area contributed by atoms with Crippen LogP contribution in [-0.2, 0) is 0 Å². The van der Waals surface area contributed by atoms with E-state index in [0.29, 0.717) is 0 Å². The van der Waals surface area contributed by atoms with Crippen LogP contribution in [0.25, 0.3) is 0 Å². The van der Waals surface area contributed by atoms with Crippen LogP contribution in [0, 0.1) is 11.8 Å². The molecule has 0 saturated heterocycles. The first kappa shape index (κ1) is 12.5. The van der Waals surface area contributed by atoms with Gasteiger partial charge in [-0.3, -0.25) is 0 Å². The fourth-order valence-electron chi connectivity index (χ4n) is 1.14. The van der Waals surface area contributed by atoms with Crippen molar-refractivity contribution in [3.05, 3.63) is 12.8 Å². The molecular formula is C12H25N. The predicted molar refractivity (Wildman–Crippen MR) is 60.7 cm³/mol. The fourth-order valence-corrected chi connectivity index (χ4v) is 1.14. The van der Waals surface area contributed by atoms with Gasteiger partial charge in [-0.05, 0) is 30.9 Å². The van der Waals surface area contributed by atoms with Crippen molar-refractivity contribution in [2.45, 2.75) is 40.5 Å². The topological polar surface area (TPSA) is 3.24 Å². The molecule has 0 bridgehead atoms. The number of rotatable bonds is 7. The Morgan fingerprint density at radius 2 is 1.38 bits per heavy atom. The van der Waals surface area contributed by atoms with E-state index in [1.54, 1.807) is 0 Å². The van der Waals surface area contributed by atoms with E-state index in [0.717, 1.165) is 24.9 Å². The van der Waals surface area contributed by atoms with Gasteiger partial charge in [0.2, 0.25) is 0 Å². The van der Waals surface area contributed by atoms with Gasteiger partial charge in [-0.15, -0.1) is 0 Å². The number of hydrogen-bond acceptors (Lipinski definition) is 1. The van der Waals surface area contributed by atoms with Gasteiger partial charge in [-0.2, -0.15) is 0 Å². The second-order valence-corrected chi connectivity index (χ2v) is 4.58. The molecule has 0 N–H and O–H groups in total. The Labute approximate surface area is 83.8 Å². The van der Waals surface area contributed by atoms with Crippen LogP contribution in [0.2, 0.25) is 0 Å². The lowest BCUT2D eigenvalue weighted by Gasteiger charge is -2.21. The Kier molecular flexibility index (Phi) is 6.75. The summed E-state index contributed by atoms with van der Waals surface area (Å²) in [5.74, 6) is 1.59. The molecule has 0 rings (SSSR count). The van der Waals surface area contributed by atoms with Crippen molar-refractivity contribution in [3.8, 4) is 0 Å². The quantitative estimate of drug-likeness (QED) is 0.583. The highest BCUT2D eigenvalue weighted by Gasteiger charge is 2.02. The molecule has 0 unspecified atom stereocenters. The molecule has 0 radical (unpaired) electrons. The lowest BCUT2D eigenvalue weighted by atomic mass is 10.1. The highest BCUT2D eigenvalue weighted by molar-refractivity contribution is 4.71. The summed E-state index contributed by atoms with van der Waals surface area (Å²) in [6, 6.07) is 0. The smallest absolute Gasteiger partial charge is 0.0174 e. The first-order chi connectivity index (χ1) is 6.06. The molecule has 0 aliphatic carbocycles. The van der Waals surface area contributed by atoms with Gasteiger partial charge in [0, 0.05) is 13.1 Å². The van der Waals surface area contributed by atoms with Crippen LogP contribution in [0.3, 0.4) is 0 Å². The third-order valence-corrected chi connectivity index (χ3v) is 2.25. The van der Waals surface area contributed by atoms with Gasteiger partial charge < -0.3 is 4.90 Å². The standard InChI is InChI=1S/C12H25N/c1-6-13(9-7-11(2)3)10-8-12(4)5/h6,11-12H,1,7-10H2,2-5H3. The van der Waals surface area contributed by atoms with Crippen LogP contribution in [0.1, 0.15) is 40.5 Å². The Bertz CT molecular complexity index is 115. The zero-order valence-electron chi connectivity index (χ0n) is 9.71. The molecule has 0 saturated carbocycles. The van der Waals surface area contributed by atoms with Gasteiger partial charge in [-0.25, -0.2) is 0 Å². The zero-order valence-corrected chi connectivity index (χ0v) is 9.71. The minimum Gasteiger partial charge on any atom is -0.378 e. The van der Waals surface area contributed by atoms with E-state index in [9.17, 15) is 0 Å². The minimum absolute atomic E-state index is 0.793. The molecule has 78 valence electrons. The average molecular weight is 183 g/mol. The Hall–Kier alpha value is -0.460. The lowest BCUT2D eigenvalue weighted by molar-refractivity contribution is 0.324. The SMILES string of the molecule is C=CN(CCC(C)C)CCC(C)C. The maximum Gasteiger partial charge on any atom is 0.0174 e. The van der Waals surface area contributed by atoms with E-state index < -0.39 is 0 Å². The second-order valence-electron chi connectivity index (χ2n) is 4.58. The van der Waals surface area contributed by atoms with Gasteiger partial charge in [-0.1, -0.05) is 34.3 Å². The lowest BCUT2D eigenvalue weighted by Crippen LogP contribution is -2.21. The molecule has 0 amide bonds. The Morgan fingerprint density at radius 1 is 1.00 bits per heavy atom. The van der Waals surface area contributed by atoms with E-state index in [-0.39, 0.29) is 0 Å². The van der Waals surface area contributed by atoms with Crippen molar-refractivity contribution in [1.82, 2.24) is 4.90 Å². The maximum absolute atomic E-state index is 3.84. The molecule has 0 fully saturated rings. The van der Waals surface area contributed by atoms with E-state index in [2.05, 4.69) is 39.2 Å². The molecule has 0 aromatic carbocycles. The molecule has 0 aliphatic rings. The largest absolute Gasteiger partial charge is 0.378 e. The minimum atomic E-state index is 0.793. The summed E-state index contributed by atoms with van der Waals surface area (Å²) in [4.78, 5) is 2.33. The van der Waals surface area contributed by atoms with E-state index in [4.69, 9.17) is 0 Å². The molecule has 0 aromatic heterocycles. The zero-order chi connectivity index (χ0) is 10.3. The monoisotopic (exact) mass is 183 g/mol. The van der Waals surface area contributed by atoms with Crippen LogP contribution in [0.15, 0.2) is 12.8 Å². The van der Waals surface area contributed by atoms with Gasteiger partial charge in [0.1, 0.15) is 0 Å². The molecule has 0 heterocycles. The van der Waals surface area contributed by atoms with Crippen LogP contribution in [0.4, 0.5) is 0 Å². The van der Waals surface area contributed by atoms with E-state index >= 15 is 0 Å². The van der Waals surface area contributed by atoms with Crippen molar-refractivity contribution in [3.63, 3.8) is 0 Å². The van der Waals surface area contributed by atoms with Gasteiger partial charge in [0.15, 0.2) is 0 Å². The van der Waals surface area contributed by atoms with E-state index in [1.165, 1.54) is 12.8 Å². The normalized spacial score (nSPS) is 10.9. The summed E-state index contributed by atoms with van der Waals surface area (Å²) in [5.41, 5.74) is 0. The molecule has 13 heavy (non-hydrogen) atoms. The summed E-state index contributed by atoms with van der Waals surface area (Å²) in [6.07, 6.45) is 4.51. The summed E-state index contributed by atoms with van der Waals surface area (Å²) in [5, 5.41) is 0. The fraction of sp³-hybridized carbons (Fsp3) is 0.833. The second kappa shape index (κ2) is 6.99. The third-order valence-electron chi connectivity index (χ3n) is 2.25. The molecule has 0 aromatic rings. The van der Waals surface area contributed by atoms with E-state index in [1.807, 2.05) is 6.20 Å². The van der Waals surface area contributed by atoms with Crippen LogP contribution < -0.4 is 0 Å². The van der Waals surface area contributed by atoms with Crippen molar-refractivity contribution < 1.29 is 0 Å². The van der Waals surface area contributed by atoms with Gasteiger partial charge in [0.05, 0.1) is 0 Å². The summed E-state index contributed by atoms with van der Waals surface area (Å²) >= 11 is 0. The summed E-state index contributed by atoms with van der Waals surface area (Å²) in [7, 11) is 0. The van der Waals surface area contributed by atoms with Crippen LogP contribution in [0.5, 0.6) is 0 Å².